The minimum atomic E-state index is -0.192. The van der Waals surface area contributed by atoms with Crippen LogP contribution in [0.4, 0.5) is 5.82 Å². The Labute approximate surface area is 159 Å². The van der Waals surface area contributed by atoms with Gasteiger partial charge in [0.2, 0.25) is 5.91 Å². The van der Waals surface area contributed by atoms with E-state index in [1.807, 2.05) is 18.2 Å². The number of hydrogen-bond donors (Lipinski definition) is 2. The Bertz CT molecular complexity index is 811. The van der Waals surface area contributed by atoms with Crippen molar-refractivity contribution in [3.8, 4) is 17.0 Å². The van der Waals surface area contributed by atoms with Crippen molar-refractivity contribution in [1.82, 2.24) is 15.5 Å². The molecule has 0 bridgehead atoms. The second-order valence-corrected chi connectivity index (χ2v) is 6.90. The first kappa shape index (κ1) is 18.9. The first-order valence-corrected chi connectivity index (χ1v) is 9.38. The predicted molar refractivity (Wildman–Crippen MR) is 108 cm³/mol. The Hall–Kier alpha value is -2.89. The number of anilines is 1. The average molecular weight is 366 g/mol. The molecule has 27 heavy (non-hydrogen) atoms. The van der Waals surface area contributed by atoms with Crippen LogP contribution in [0.5, 0.6) is 5.75 Å². The number of aromatic hydroxyl groups is 1. The Morgan fingerprint density at radius 2 is 1.96 bits per heavy atom. The summed E-state index contributed by atoms with van der Waals surface area (Å²) in [5.41, 5.74) is 1.98. The van der Waals surface area contributed by atoms with E-state index in [1.165, 1.54) is 38.2 Å². The molecule has 1 aliphatic carbocycles. The molecule has 6 nitrogen and oxygen atoms in total. The van der Waals surface area contributed by atoms with Crippen molar-refractivity contribution in [2.75, 3.05) is 19.0 Å². The van der Waals surface area contributed by atoms with Crippen LogP contribution in [-0.4, -0.2) is 41.3 Å². The van der Waals surface area contributed by atoms with Crippen molar-refractivity contribution in [2.45, 2.75) is 38.1 Å². The fourth-order valence-corrected chi connectivity index (χ4v) is 3.44. The number of nitrogens with one attached hydrogen (secondary N) is 1. The van der Waals surface area contributed by atoms with E-state index in [1.54, 1.807) is 25.3 Å². The lowest BCUT2D eigenvalue weighted by Gasteiger charge is -2.31. The third-order valence-corrected chi connectivity index (χ3v) is 5.11. The summed E-state index contributed by atoms with van der Waals surface area (Å²) in [6.07, 6.45) is 9.34. The molecule has 0 radical (unpaired) electrons. The molecule has 0 spiro atoms. The second kappa shape index (κ2) is 8.66. The maximum absolute atomic E-state index is 11.3. The average Bonchev–Trinajstić information content (AvgIpc) is 2.72. The van der Waals surface area contributed by atoms with Gasteiger partial charge in [-0.05, 0) is 48.7 Å². The molecule has 0 atom stereocenters. The molecule has 3 rings (SSSR count). The van der Waals surface area contributed by atoms with Gasteiger partial charge in [0.15, 0.2) is 5.82 Å². The van der Waals surface area contributed by atoms with Gasteiger partial charge in [-0.2, -0.15) is 0 Å². The van der Waals surface area contributed by atoms with Crippen LogP contribution in [0.3, 0.4) is 0 Å². The number of amides is 1. The minimum absolute atomic E-state index is 0.108. The van der Waals surface area contributed by atoms with Gasteiger partial charge < -0.3 is 15.3 Å². The number of carbonyl (C=O) groups is 1. The molecular weight excluding hydrogens is 340 g/mol. The summed E-state index contributed by atoms with van der Waals surface area (Å²) in [7, 11) is 3.64. The molecule has 0 saturated heterocycles. The Morgan fingerprint density at radius 1 is 1.19 bits per heavy atom. The molecule has 1 saturated carbocycles. The van der Waals surface area contributed by atoms with E-state index in [9.17, 15) is 9.90 Å². The fraction of sp³-hybridized carbons (Fsp3) is 0.381. The van der Waals surface area contributed by atoms with E-state index < -0.39 is 0 Å². The van der Waals surface area contributed by atoms with Crippen LogP contribution >= 0.6 is 0 Å². The number of phenolic OH excluding ortho intramolecular Hbond substituents is 1. The lowest BCUT2D eigenvalue weighted by atomic mass is 9.94. The molecule has 1 aromatic heterocycles. The van der Waals surface area contributed by atoms with E-state index in [0.29, 0.717) is 17.3 Å². The fourth-order valence-electron chi connectivity index (χ4n) is 3.44. The lowest BCUT2D eigenvalue weighted by Crippen LogP contribution is -2.34. The predicted octanol–water partition coefficient (Wildman–Crippen LogP) is 3.38. The number of rotatable bonds is 5. The van der Waals surface area contributed by atoms with Gasteiger partial charge >= 0.3 is 0 Å². The van der Waals surface area contributed by atoms with Crippen LogP contribution in [0.15, 0.2) is 36.4 Å². The molecule has 1 heterocycles. The zero-order chi connectivity index (χ0) is 19.2. The highest BCUT2D eigenvalue weighted by molar-refractivity contribution is 5.91. The first-order valence-electron chi connectivity index (χ1n) is 9.38. The van der Waals surface area contributed by atoms with Crippen molar-refractivity contribution in [3.05, 3.63) is 42.0 Å². The smallest absolute Gasteiger partial charge is 0.243 e. The summed E-state index contributed by atoms with van der Waals surface area (Å²) in [6.45, 7) is 0. The highest BCUT2D eigenvalue weighted by Gasteiger charge is 2.19. The van der Waals surface area contributed by atoms with Gasteiger partial charge in [0.05, 0.1) is 5.69 Å². The quantitative estimate of drug-likeness (QED) is 0.793. The van der Waals surface area contributed by atoms with E-state index in [4.69, 9.17) is 0 Å². The number of benzene rings is 1. The molecular formula is C21H26N4O2. The number of carbonyl (C=O) groups excluding carboxylic acids is 1. The summed E-state index contributed by atoms with van der Waals surface area (Å²) in [6, 6.07) is 9.59. The zero-order valence-electron chi connectivity index (χ0n) is 15.9. The standard InChI is InChI=1S/C21H26N4O2/c1-22-21(27)13-9-15-8-10-17(19(26)14-15)18-11-12-20(24-23-18)25(2)16-6-4-3-5-7-16/h8-14,16,26H,3-7H2,1-2H3,(H,22,27)/b13-9+. The molecule has 2 N–H and O–H groups in total. The van der Waals surface area contributed by atoms with Crippen LogP contribution < -0.4 is 10.2 Å². The van der Waals surface area contributed by atoms with Gasteiger partial charge in [0.25, 0.3) is 0 Å². The van der Waals surface area contributed by atoms with Gasteiger partial charge in [0, 0.05) is 31.8 Å². The normalized spacial score (nSPS) is 15.0. The Kier molecular flexibility index (Phi) is 6.06. The third kappa shape index (κ3) is 4.64. The maximum atomic E-state index is 11.3. The van der Waals surface area contributed by atoms with Crippen molar-refractivity contribution < 1.29 is 9.90 Å². The maximum Gasteiger partial charge on any atom is 0.243 e. The zero-order valence-corrected chi connectivity index (χ0v) is 15.9. The van der Waals surface area contributed by atoms with Crippen LogP contribution in [0.2, 0.25) is 0 Å². The largest absolute Gasteiger partial charge is 0.507 e. The van der Waals surface area contributed by atoms with Crippen molar-refractivity contribution >= 4 is 17.8 Å². The lowest BCUT2D eigenvalue weighted by molar-refractivity contribution is -0.115. The van der Waals surface area contributed by atoms with Gasteiger partial charge in [-0.15, -0.1) is 10.2 Å². The van der Waals surface area contributed by atoms with E-state index in [0.717, 1.165) is 11.4 Å². The first-order chi connectivity index (χ1) is 13.1. The van der Waals surface area contributed by atoms with Gasteiger partial charge in [-0.25, -0.2) is 0 Å². The van der Waals surface area contributed by atoms with E-state index >= 15 is 0 Å². The molecule has 0 aliphatic heterocycles. The van der Waals surface area contributed by atoms with Crippen molar-refractivity contribution in [3.63, 3.8) is 0 Å². The summed E-state index contributed by atoms with van der Waals surface area (Å²) in [5.74, 6) is 0.772. The molecule has 1 fully saturated rings. The molecule has 1 aliphatic rings. The number of hydrogen-bond acceptors (Lipinski definition) is 5. The number of phenols is 1. The van der Waals surface area contributed by atoms with Gasteiger partial charge in [-0.3, -0.25) is 4.79 Å². The van der Waals surface area contributed by atoms with Crippen LogP contribution in [0, 0.1) is 0 Å². The van der Waals surface area contributed by atoms with E-state index in [2.05, 4.69) is 27.5 Å². The highest BCUT2D eigenvalue weighted by Crippen LogP contribution is 2.30. The monoisotopic (exact) mass is 366 g/mol. The SMILES string of the molecule is CNC(=O)/C=C/c1ccc(-c2ccc(N(C)C3CCCCC3)nn2)c(O)c1. The van der Waals surface area contributed by atoms with Crippen molar-refractivity contribution in [1.29, 1.82) is 0 Å². The molecule has 2 aromatic rings. The van der Waals surface area contributed by atoms with Gasteiger partial charge in [0.1, 0.15) is 5.75 Å². The van der Waals surface area contributed by atoms with Gasteiger partial charge in [-0.1, -0.05) is 25.3 Å². The summed E-state index contributed by atoms with van der Waals surface area (Å²) >= 11 is 0. The van der Waals surface area contributed by atoms with Crippen LogP contribution in [-0.2, 0) is 4.79 Å². The van der Waals surface area contributed by atoms with Crippen molar-refractivity contribution in [2.24, 2.45) is 0 Å². The summed E-state index contributed by atoms with van der Waals surface area (Å²) in [4.78, 5) is 13.5. The topological polar surface area (TPSA) is 78.4 Å². The summed E-state index contributed by atoms with van der Waals surface area (Å²) < 4.78 is 0. The Morgan fingerprint density at radius 3 is 2.59 bits per heavy atom. The molecule has 1 aromatic carbocycles. The molecule has 1 amide bonds. The molecule has 0 unspecified atom stereocenters. The summed E-state index contributed by atoms with van der Waals surface area (Å²) in [5, 5.41) is 21.5. The molecule has 142 valence electrons. The van der Waals surface area contributed by atoms with Crippen LogP contribution in [0.1, 0.15) is 37.7 Å². The molecule has 6 heteroatoms. The Balaban J connectivity index is 1.74. The number of aromatic nitrogens is 2. The third-order valence-electron chi connectivity index (χ3n) is 5.11. The number of likely N-dealkylation sites (N-methyl/N-ethyl adjacent to an activating group) is 1. The second-order valence-electron chi connectivity index (χ2n) is 6.90. The number of nitrogens with zero attached hydrogens (tertiary/aromatic N) is 3. The minimum Gasteiger partial charge on any atom is -0.507 e. The highest BCUT2D eigenvalue weighted by atomic mass is 16.3. The van der Waals surface area contributed by atoms with Crippen LogP contribution in [0.25, 0.3) is 17.3 Å². The van der Waals surface area contributed by atoms with E-state index in [-0.39, 0.29) is 11.7 Å².